The molecule has 1 aliphatic heterocycles. The molecule has 1 saturated heterocycles. The van der Waals surface area contributed by atoms with Gasteiger partial charge in [0.2, 0.25) is 10.0 Å². The third-order valence-corrected chi connectivity index (χ3v) is 6.06. The first-order valence-corrected chi connectivity index (χ1v) is 11.1. The number of guanidine groups is 1. The molecule has 0 radical (unpaired) electrons. The molecule has 2 rings (SSSR count). The second-order valence-corrected chi connectivity index (χ2v) is 8.72. The fraction of sp³-hybridized carbons (Fsp3) is 0.667. The van der Waals surface area contributed by atoms with Crippen molar-refractivity contribution in [3.8, 4) is 5.75 Å². The fourth-order valence-corrected chi connectivity index (χ4v) is 4.08. The van der Waals surface area contributed by atoms with Crippen LogP contribution in [0.4, 0.5) is 0 Å². The smallest absolute Gasteiger partial charge is 0.216 e. The number of piperazine rings is 1. The van der Waals surface area contributed by atoms with Crippen molar-refractivity contribution in [2.75, 3.05) is 58.7 Å². The molecule has 1 aliphatic rings. The molecule has 9 nitrogen and oxygen atoms in total. The van der Waals surface area contributed by atoms with Crippen molar-refractivity contribution in [1.29, 1.82) is 0 Å². The highest BCUT2D eigenvalue weighted by Crippen LogP contribution is 2.09. The molecule has 1 N–H and O–H groups in total. The van der Waals surface area contributed by atoms with Crippen LogP contribution in [0.1, 0.15) is 13.8 Å². The number of hydrogen-bond donors (Lipinski definition) is 1. The Kier molecular flexibility index (Phi) is 8.94. The van der Waals surface area contributed by atoms with Gasteiger partial charge in [0.25, 0.3) is 0 Å². The Morgan fingerprint density at radius 2 is 2.04 bits per heavy atom. The molecule has 1 fully saturated rings. The van der Waals surface area contributed by atoms with Crippen LogP contribution < -0.4 is 10.1 Å². The third-order valence-electron chi connectivity index (χ3n) is 4.22. The number of rotatable bonds is 9. The van der Waals surface area contributed by atoms with Gasteiger partial charge >= 0.3 is 0 Å². The number of nitrogens with one attached hydrogen (secondary N) is 1. The van der Waals surface area contributed by atoms with Crippen LogP contribution in [-0.2, 0) is 14.8 Å². The van der Waals surface area contributed by atoms with E-state index in [1.54, 1.807) is 19.4 Å². The summed E-state index contributed by atoms with van der Waals surface area (Å²) in [6, 6.07) is 3.68. The summed E-state index contributed by atoms with van der Waals surface area (Å²) in [6.07, 6.45) is 3.40. The van der Waals surface area contributed by atoms with E-state index >= 15 is 0 Å². The molecular formula is C18H31N5O4S. The molecular weight excluding hydrogens is 382 g/mol. The summed E-state index contributed by atoms with van der Waals surface area (Å²) in [4.78, 5) is 10.3. The van der Waals surface area contributed by atoms with E-state index < -0.39 is 10.0 Å². The minimum Gasteiger partial charge on any atom is -0.490 e. The van der Waals surface area contributed by atoms with E-state index in [1.165, 1.54) is 4.31 Å². The maximum atomic E-state index is 12.4. The van der Waals surface area contributed by atoms with Gasteiger partial charge in [0.1, 0.15) is 12.4 Å². The molecule has 10 heteroatoms. The van der Waals surface area contributed by atoms with Crippen LogP contribution in [-0.4, -0.2) is 93.4 Å². The molecule has 28 heavy (non-hydrogen) atoms. The van der Waals surface area contributed by atoms with Crippen molar-refractivity contribution in [3.63, 3.8) is 0 Å². The topological polar surface area (TPSA) is 96.4 Å². The summed E-state index contributed by atoms with van der Waals surface area (Å²) in [6.45, 7) is 7.15. The molecule has 2 heterocycles. The van der Waals surface area contributed by atoms with Crippen LogP contribution >= 0.6 is 0 Å². The summed E-state index contributed by atoms with van der Waals surface area (Å²) in [5.41, 5.74) is 0. The van der Waals surface area contributed by atoms with Crippen molar-refractivity contribution in [2.45, 2.75) is 20.0 Å². The van der Waals surface area contributed by atoms with Gasteiger partial charge in [0.15, 0.2) is 5.96 Å². The first-order valence-electron chi connectivity index (χ1n) is 9.50. The SMILES string of the molecule is CN=C(NCCOc1cccnc1)N1CCN(S(=O)(=O)CCOC(C)C)CC1. The molecule has 1 aromatic rings. The van der Waals surface area contributed by atoms with Gasteiger partial charge in [-0.15, -0.1) is 0 Å². The number of aromatic nitrogens is 1. The molecule has 0 bridgehead atoms. The van der Waals surface area contributed by atoms with Crippen molar-refractivity contribution < 1.29 is 17.9 Å². The van der Waals surface area contributed by atoms with Crippen LogP contribution in [0.5, 0.6) is 5.75 Å². The average Bonchev–Trinajstić information content (AvgIpc) is 2.68. The van der Waals surface area contributed by atoms with E-state index in [0.29, 0.717) is 39.3 Å². The Hall–Kier alpha value is -1.91. The highest BCUT2D eigenvalue weighted by molar-refractivity contribution is 7.89. The lowest BCUT2D eigenvalue weighted by molar-refractivity contribution is 0.0904. The number of sulfonamides is 1. The standard InChI is InChI=1S/C18H31N5O4S/c1-16(2)26-13-14-28(24,25)23-10-8-22(9-11-23)18(19-3)21-7-12-27-17-5-4-6-20-15-17/h4-6,15-16H,7-14H2,1-3H3,(H,19,21). The molecule has 0 saturated carbocycles. The van der Waals surface area contributed by atoms with Crippen LogP contribution in [0.3, 0.4) is 0 Å². The lowest BCUT2D eigenvalue weighted by atomic mass is 10.4. The van der Waals surface area contributed by atoms with Crippen molar-refractivity contribution in [1.82, 2.24) is 19.5 Å². The Labute approximate surface area is 167 Å². The van der Waals surface area contributed by atoms with E-state index in [4.69, 9.17) is 9.47 Å². The zero-order valence-corrected chi connectivity index (χ0v) is 17.7. The number of nitrogens with zero attached hydrogens (tertiary/aromatic N) is 4. The highest BCUT2D eigenvalue weighted by atomic mass is 32.2. The monoisotopic (exact) mass is 413 g/mol. The second kappa shape index (κ2) is 11.2. The Balaban J connectivity index is 1.72. The third kappa shape index (κ3) is 7.25. The van der Waals surface area contributed by atoms with Crippen LogP contribution in [0.15, 0.2) is 29.5 Å². The number of pyridine rings is 1. The minimum atomic E-state index is -3.29. The average molecular weight is 414 g/mol. The maximum absolute atomic E-state index is 12.4. The summed E-state index contributed by atoms with van der Waals surface area (Å²) in [5.74, 6) is 1.48. The summed E-state index contributed by atoms with van der Waals surface area (Å²) in [7, 11) is -1.57. The molecule has 0 unspecified atom stereocenters. The first kappa shape index (κ1) is 22.4. The predicted octanol–water partition coefficient (Wildman–Crippen LogP) is 0.408. The van der Waals surface area contributed by atoms with Gasteiger partial charge in [-0.05, 0) is 26.0 Å². The number of hydrogen-bond acceptors (Lipinski definition) is 6. The quantitative estimate of drug-likeness (QED) is 0.356. The molecule has 158 valence electrons. The van der Waals surface area contributed by atoms with E-state index in [2.05, 4.69) is 20.2 Å². The highest BCUT2D eigenvalue weighted by Gasteiger charge is 2.27. The summed E-state index contributed by atoms with van der Waals surface area (Å²) in [5, 5.41) is 3.25. The van der Waals surface area contributed by atoms with Crippen LogP contribution in [0, 0.1) is 0 Å². The molecule has 1 aromatic heterocycles. The van der Waals surface area contributed by atoms with E-state index in [9.17, 15) is 8.42 Å². The molecule has 0 amide bonds. The first-order chi connectivity index (χ1) is 13.4. The van der Waals surface area contributed by atoms with Gasteiger partial charge in [0.05, 0.1) is 31.2 Å². The lowest BCUT2D eigenvalue weighted by Crippen LogP contribution is -2.54. The Morgan fingerprint density at radius 1 is 1.29 bits per heavy atom. The van der Waals surface area contributed by atoms with E-state index in [0.717, 1.165) is 11.7 Å². The fourth-order valence-electron chi connectivity index (χ4n) is 2.79. The molecule has 0 atom stereocenters. The van der Waals surface area contributed by atoms with Gasteiger partial charge in [-0.1, -0.05) is 0 Å². The zero-order valence-electron chi connectivity index (χ0n) is 16.9. The lowest BCUT2D eigenvalue weighted by Gasteiger charge is -2.35. The van der Waals surface area contributed by atoms with Crippen molar-refractivity contribution in [2.24, 2.45) is 4.99 Å². The van der Waals surface area contributed by atoms with Gasteiger partial charge in [-0.3, -0.25) is 9.98 Å². The Morgan fingerprint density at radius 3 is 2.64 bits per heavy atom. The van der Waals surface area contributed by atoms with Gasteiger partial charge < -0.3 is 19.7 Å². The van der Waals surface area contributed by atoms with Crippen molar-refractivity contribution in [3.05, 3.63) is 24.5 Å². The minimum absolute atomic E-state index is 0.0177. The summed E-state index contributed by atoms with van der Waals surface area (Å²) < 4.78 is 37.3. The van der Waals surface area contributed by atoms with Gasteiger partial charge in [-0.2, -0.15) is 4.31 Å². The van der Waals surface area contributed by atoms with E-state index in [1.807, 2.05) is 26.0 Å². The summed E-state index contributed by atoms with van der Waals surface area (Å²) >= 11 is 0. The maximum Gasteiger partial charge on any atom is 0.216 e. The molecule has 0 spiro atoms. The number of ether oxygens (including phenoxy) is 2. The number of aliphatic imine (C=N–C) groups is 1. The second-order valence-electron chi connectivity index (χ2n) is 6.63. The van der Waals surface area contributed by atoms with Gasteiger partial charge in [-0.25, -0.2) is 8.42 Å². The van der Waals surface area contributed by atoms with E-state index in [-0.39, 0.29) is 18.5 Å². The Bertz CT molecular complexity index is 704. The van der Waals surface area contributed by atoms with Gasteiger partial charge in [0, 0.05) is 39.4 Å². The zero-order chi connectivity index (χ0) is 20.4. The van der Waals surface area contributed by atoms with Crippen LogP contribution in [0.25, 0.3) is 0 Å². The van der Waals surface area contributed by atoms with Crippen molar-refractivity contribution >= 4 is 16.0 Å². The normalized spacial score (nSPS) is 16.4. The largest absolute Gasteiger partial charge is 0.490 e. The van der Waals surface area contributed by atoms with Crippen LogP contribution in [0.2, 0.25) is 0 Å². The molecule has 0 aromatic carbocycles. The molecule has 0 aliphatic carbocycles. The predicted molar refractivity (Wildman–Crippen MR) is 109 cm³/mol.